The number of unbranched alkanes of at least 4 members (excludes halogenated alkanes) is 9. The van der Waals surface area contributed by atoms with E-state index in [1.807, 2.05) is 0 Å². The van der Waals surface area contributed by atoms with Crippen molar-refractivity contribution in [3.8, 4) is 0 Å². The maximum Gasteiger partial charge on any atom is 0.345 e. The van der Waals surface area contributed by atoms with E-state index in [9.17, 15) is 14.4 Å². The molecule has 0 aromatic rings. The smallest absolute Gasteiger partial charge is 0.345 e. The molecule has 0 bridgehead atoms. The molecule has 24 heavy (non-hydrogen) atoms. The van der Waals surface area contributed by atoms with Gasteiger partial charge in [0.25, 0.3) is 0 Å². The summed E-state index contributed by atoms with van der Waals surface area (Å²) in [5.74, 6) is -2.41. The standard InChI is InChI=1S/C18H33NO5/c1-3-4-5-6-7-8-9-10-11-12-13-19-17(21)14-16(18(22)23)24-15(2)20/h16H,3-14H2,1-2H3,(H,19,21)(H,22,23). The summed E-state index contributed by atoms with van der Waals surface area (Å²) in [6.07, 6.45) is 10.4. The maximum atomic E-state index is 11.6. The van der Waals surface area contributed by atoms with Crippen molar-refractivity contribution < 1.29 is 24.2 Å². The van der Waals surface area contributed by atoms with Gasteiger partial charge in [-0.15, -0.1) is 0 Å². The first-order valence-electron chi connectivity index (χ1n) is 9.14. The Morgan fingerprint density at radius 1 is 0.917 bits per heavy atom. The second kappa shape index (κ2) is 15.0. The first-order valence-corrected chi connectivity index (χ1v) is 9.14. The number of amides is 1. The second-order valence-electron chi connectivity index (χ2n) is 6.17. The van der Waals surface area contributed by atoms with Crippen LogP contribution in [0, 0.1) is 0 Å². The molecule has 0 saturated heterocycles. The molecule has 0 aromatic carbocycles. The van der Waals surface area contributed by atoms with Crippen LogP contribution in [0.1, 0.15) is 84.5 Å². The van der Waals surface area contributed by atoms with Crippen LogP contribution >= 0.6 is 0 Å². The molecule has 0 saturated carbocycles. The molecule has 6 nitrogen and oxygen atoms in total. The second-order valence-corrected chi connectivity index (χ2v) is 6.17. The van der Waals surface area contributed by atoms with Crippen molar-refractivity contribution in [2.45, 2.75) is 90.6 Å². The summed E-state index contributed by atoms with van der Waals surface area (Å²) in [4.78, 5) is 33.3. The summed E-state index contributed by atoms with van der Waals surface area (Å²) >= 11 is 0. The van der Waals surface area contributed by atoms with Crippen LogP contribution in [0.4, 0.5) is 0 Å². The van der Waals surface area contributed by atoms with Crippen LogP contribution in [0.5, 0.6) is 0 Å². The van der Waals surface area contributed by atoms with Gasteiger partial charge in [-0.05, 0) is 6.42 Å². The number of carboxylic acids is 1. The molecule has 1 unspecified atom stereocenters. The lowest BCUT2D eigenvalue weighted by atomic mass is 10.1. The molecule has 0 spiro atoms. The number of aliphatic carboxylic acids is 1. The van der Waals surface area contributed by atoms with Gasteiger partial charge in [0.1, 0.15) is 0 Å². The third-order valence-electron chi connectivity index (χ3n) is 3.81. The van der Waals surface area contributed by atoms with E-state index in [0.29, 0.717) is 6.54 Å². The van der Waals surface area contributed by atoms with Crippen LogP contribution in [0.25, 0.3) is 0 Å². The van der Waals surface area contributed by atoms with E-state index in [1.54, 1.807) is 0 Å². The Morgan fingerprint density at radius 2 is 1.42 bits per heavy atom. The maximum absolute atomic E-state index is 11.6. The minimum atomic E-state index is -1.41. The normalized spacial score (nSPS) is 11.8. The first-order chi connectivity index (χ1) is 11.5. The average molecular weight is 343 g/mol. The van der Waals surface area contributed by atoms with E-state index in [-0.39, 0.29) is 6.42 Å². The summed E-state index contributed by atoms with van der Waals surface area (Å²) in [7, 11) is 0. The molecule has 1 atom stereocenters. The number of esters is 1. The molecule has 0 radical (unpaired) electrons. The summed E-state index contributed by atoms with van der Waals surface area (Å²) in [6, 6.07) is 0. The average Bonchev–Trinajstić information content (AvgIpc) is 2.51. The monoisotopic (exact) mass is 343 g/mol. The van der Waals surface area contributed by atoms with E-state index in [1.165, 1.54) is 44.9 Å². The van der Waals surface area contributed by atoms with Gasteiger partial charge in [-0.1, -0.05) is 64.7 Å². The molecule has 140 valence electrons. The fourth-order valence-electron chi connectivity index (χ4n) is 2.46. The van der Waals surface area contributed by atoms with E-state index < -0.39 is 23.9 Å². The van der Waals surface area contributed by atoms with Crippen LogP contribution in [-0.4, -0.2) is 35.6 Å². The number of carbonyl (C=O) groups excluding carboxylic acids is 2. The SMILES string of the molecule is CCCCCCCCCCCCNC(=O)CC(OC(C)=O)C(=O)O. The zero-order chi connectivity index (χ0) is 18.2. The van der Waals surface area contributed by atoms with E-state index in [4.69, 9.17) is 5.11 Å². The molecule has 0 heterocycles. The van der Waals surface area contributed by atoms with E-state index in [0.717, 1.165) is 26.2 Å². The predicted molar refractivity (Wildman–Crippen MR) is 92.7 cm³/mol. The molecule has 0 aliphatic heterocycles. The third kappa shape index (κ3) is 14.0. The molecule has 0 fully saturated rings. The number of rotatable bonds is 15. The van der Waals surface area contributed by atoms with Gasteiger partial charge in [-0.3, -0.25) is 9.59 Å². The zero-order valence-corrected chi connectivity index (χ0v) is 15.1. The van der Waals surface area contributed by atoms with Crippen molar-refractivity contribution in [1.82, 2.24) is 5.32 Å². The number of hydrogen-bond donors (Lipinski definition) is 2. The highest BCUT2D eigenvalue weighted by Gasteiger charge is 2.23. The van der Waals surface area contributed by atoms with E-state index >= 15 is 0 Å². The number of ether oxygens (including phenoxy) is 1. The Balaban J connectivity index is 3.54. The molecule has 1 amide bonds. The van der Waals surface area contributed by atoms with Crippen molar-refractivity contribution in [3.05, 3.63) is 0 Å². The molecular weight excluding hydrogens is 310 g/mol. The van der Waals surface area contributed by atoms with Gasteiger partial charge in [0.2, 0.25) is 12.0 Å². The Bertz CT molecular complexity index is 370. The topological polar surface area (TPSA) is 92.7 Å². The quantitative estimate of drug-likeness (QED) is 0.351. The minimum Gasteiger partial charge on any atom is -0.478 e. The van der Waals surface area contributed by atoms with Gasteiger partial charge >= 0.3 is 11.9 Å². The Morgan fingerprint density at radius 3 is 1.88 bits per heavy atom. The van der Waals surface area contributed by atoms with Crippen LogP contribution in [0.15, 0.2) is 0 Å². The van der Waals surface area contributed by atoms with Crippen LogP contribution in [-0.2, 0) is 19.1 Å². The number of nitrogens with one attached hydrogen (secondary N) is 1. The third-order valence-corrected chi connectivity index (χ3v) is 3.81. The van der Waals surface area contributed by atoms with Gasteiger partial charge in [-0.2, -0.15) is 0 Å². The Kier molecular flexibility index (Phi) is 14.0. The summed E-state index contributed by atoms with van der Waals surface area (Å²) in [6.45, 7) is 3.87. The van der Waals surface area contributed by atoms with Gasteiger partial charge < -0.3 is 15.2 Å². The summed E-state index contributed by atoms with van der Waals surface area (Å²) in [5, 5.41) is 11.5. The number of carbonyl (C=O) groups is 3. The highest BCUT2D eigenvalue weighted by Crippen LogP contribution is 2.10. The van der Waals surface area contributed by atoms with Crippen molar-refractivity contribution in [3.63, 3.8) is 0 Å². The predicted octanol–water partition coefficient (Wildman–Crippen LogP) is 3.43. The van der Waals surface area contributed by atoms with Crippen molar-refractivity contribution in [2.24, 2.45) is 0 Å². The van der Waals surface area contributed by atoms with Gasteiger partial charge in [-0.25, -0.2) is 4.79 Å². The molecule has 2 N–H and O–H groups in total. The summed E-state index contributed by atoms with van der Waals surface area (Å²) in [5.41, 5.74) is 0. The van der Waals surface area contributed by atoms with Gasteiger partial charge in [0, 0.05) is 13.5 Å². The fourth-order valence-corrected chi connectivity index (χ4v) is 2.46. The highest BCUT2D eigenvalue weighted by atomic mass is 16.6. The molecule has 0 aliphatic rings. The molecular formula is C18H33NO5. The number of hydrogen-bond acceptors (Lipinski definition) is 4. The Hall–Kier alpha value is -1.59. The number of carboxylic acid groups (broad SMARTS) is 1. The zero-order valence-electron chi connectivity index (χ0n) is 15.1. The van der Waals surface area contributed by atoms with Crippen LogP contribution < -0.4 is 5.32 Å². The highest BCUT2D eigenvalue weighted by molar-refractivity contribution is 5.85. The minimum absolute atomic E-state index is 0.341. The molecule has 0 rings (SSSR count). The van der Waals surface area contributed by atoms with Crippen molar-refractivity contribution >= 4 is 17.8 Å². The lowest BCUT2D eigenvalue weighted by molar-refractivity contribution is -0.164. The van der Waals surface area contributed by atoms with Gasteiger partial charge in [0.15, 0.2) is 0 Å². The van der Waals surface area contributed by atoms with Gasteiger partial charge in [0.05, 0.1) is 6.42 Å². The molecule has 0 aliphatic carbocycles. The van der Waals surface area contributed by atoms with E-state index in [2.05, 4.69) is 17.0 Å². The lowest BCUT2D eigenvalue weighted by Crippen LogP contribution is -2.34. The lowest BCUT2D eigenvalue weighted by Gasteiger charge is -2.12. The van der Waals surface area contributed by atoms with Crippen LogP contribution in [0.3, 0.4) is 0 Å². The fraction of sp³-hybridized carbons (Fsp3) is 0.833. The van der Waals surface area contributed by atoms with Crippen molar-refractivity contribution in [1.29, 1.82) is 0 Å². The van der Waals surface area contributed by atoms with Crippen LogP contribution in [0.2, 0.25) is 0 Å². The first kappa shape index (κ1) is 22.4. The largest absolute Gasteiger partial charge is 0.478 e. The molecule has 0 aromatic heterocycles. The summed E-state index contributed by atoms with van der Waals surface area (Å²) < 4.78 is 4.59. The molecule has 6 heteroatoms. The van der Waals surface area contributed by atoms with Crippen molar-refractivity contribution in [2.75, 3.05) is 6.54 Å². The Labute approximate surface area is 145 Å².